The largest absolute Gasteiger partial charge is 0.501 e. The Bertz CT molecular complexity index is 594. The van der Waals surface area contributed by atoms with E-state index in [1.54, 1.807) is 6.08 Å². The van der Waals surface area contributed by atoms with E-state index < -0.39 is 0 Å². The molecule has 2 saturated carbocycles. The molecule has 0 amide bonds. The lowest BCUT2D eigenvalue weighted by atomic mass is 9.69. The summed E-state index contributed by atoms with van der Waals surface area (Å²) in [6.07, 6.45) is 28.4. The molecule has 0 aromatic heterocycles. The second-order valence-electron chi connectivity index (χ2n) is 8.93. The van der Waals surface area contributed by atoms with Crippen molar-refractivity contribution in [3.8, 4) is 0 Å². The Morgan fingerprint density at radius 2 is 1.43 bits per heavy atom. The van der Waals surface area contributed by atoms with Crippen LogP contribution in [0.3, 0.4) is 0 Å². The van der Waals surface area contributed by atoms with Crippen LogP contribution in [-0.4, -0.2) is 19.8 Å². The second kappa shape index (κ2) is 15.1. The molecule has 2 rings (SSSR count). The molecule has 0 N–H and O–H groups in total. The molecule has 2 nitrogen and oxygen atoms in total. The van der Waals surface area contributed by atoms with Crippen LogP contribution in [0.2, 0.25) is 0 Å². The minimum absolute atomic E-state index is 0.716. The second-order valence-corrected chi connectivity index (χ2v) is 8.93. The Balaban J connectivity index is 1.55. The zero-order valence-corrected chi connectivity index (χ0v) is 19.0. The lowest BCUT2D eigenvalue weighted by Crippen LogP contribution is -2.28. The van der Waals surface area contributed by atoms with Gasteiger partial charge in [0.05, 0.1) is 19.5 Å². The summed E-state index contributed by atoms with van der Waals surface area (Å²) >= 11 is 0. The SMILES string of the molecule is C=C/C=C\C=C/OCC1CCC(C2CCC(COC/C=C\C(C)=C/C=C)CC2)CC1. The molecule has 166 valence electrons. The Kier molecular flexibility index (Phi) is 12.3. The molecule has 0 spiro atoms. The normalized spacial score (nSPS) is 28.4. The molecule has 2 fully saturated rings. The first-order valence-electron chi connectivity index (χ1n) is 11.8. The Hall–Kier alpha value is -1.80. The first-order valence-corrected chi connectivity index (χ1v) is 11.8. The van der Waals surface area contributed by atoms with Crippen LogP contribution in [0.4, 0.5) is 0 Å². The maximum absolute atomic E-state index is 5.90. The van der Waals surface area contributed by atoms with E-state index in [4.69, 9.17) is 9.47 Å². The molecule has 0 atom stereocenters. The van der Waals surface area contributed by atoms with Crippen LogP contribution in [0.15, 0.2) is 73.6 Å². The van der Waals surface area contributed by atoms with Gasteiger partial charge in [0.15, 0.2) is 0 Å². The molecular formula is C28H42O2. The first-order chi connectivity index (χ1) is 14.7. The standard InChI is InChI=1S/C28H42O2/c1-4-6-7-8-20-29-22-25-12-16-27(17-13-25)28-18-14-26(15-19-28)23-30-21-9-11-24(3)10-5-2/h4-11,20,25-28H,1-2,12-19,21-23H2,3H3/b7-6-,11-9-,20-8-,24-10-. The highest BCUT2D eigenvalue weighted by atomic mass is 16.5. The third-order valence-electron chi connectivity index (χ3n) is 6.64. The summed E-state index contributed by atoms with van der Waals surface area (Å²) in [5.74, 6) is 3.37. The molecule has 2 heteroatoms. The van der Waals surface area contributed by atoms with Gasteiger partial charge in [-0.25, -0.2) is 0 Å². The molecule has 30 heavy (non-hydrogen) atoms. The summed E-state index contributed by atoms with van der Waals surface area (Å²) in [6.45, 7) is 12.0. The fourth-order valence-corrected chi connectivity index (χ4v) is 4.87. The van der Waals surface area contributed by atoms with Gasteiger partial charge in [-0.15, -0.1) is 0 Å². The Labute approximate surface area is 185 Å². The van der Waals surface area contributed by atoms with Crippen LogP contribution in [-0.2, 0) is 9.47 Å². The van der Waals surface area contributed by atoms with Crippen molar-refractivity contribution in [2.75, 3.05) is 19.8 Å². The van der Waals surface area contributed by atoms with Gasteiger partial charge in [0.1, 0.15) is 0 Å². The smallest absolute Gasteiger partial charge is 0.0901 e. The highest BCUT2D eigenvalue weighted by Crippen LogP contribution is 2.41. The maximum Gasteiger partial charge on any atom is 0.0901 e. The topological polar surface area (TPSA) is 18.5 Å². The third-order valence-corrected chi connectivity index (χ3v) is 6.64. The van der Waals surface area contributed by atoms with Gasteiger partial charge in [0.2, 0.25) is 0 Å². The van der Waals surface area contributed by atoms with E-state index in [-0.39, 0.29) is 0 Å². The summed E-state index contributed by atoms with van der Waals surface area (Å²) in [6, 6.07) is 0. The number of allylic oxidation sites excluding steroid dienone is 8. The fourth-order valence-electron chi connectivity index (χ4n) is 4.87. The van der Waals surface area contributed by atoms with Crippen LogP contribution in [0.1, 0.15) is 58.3 Å². The van der Waals surface area contributed by atoms with Crippen LogP contribution in [0.25, 0.3) is 0 Å². The zero-order valence-electron chi connectivity index (χ0n) is 19.0. The van der Waals surface area contributed by atoms with E-state index in [1.165, 1.54) is 56.9 Å². The zero-order chi connectivity index (χ0) is 21.4. The quantitative estimate of drug-likeness (QED) is 0.187. The average Bonchev–Trinajstić information content (AvgIpc) is 2.77. The number of hydrogen-bond donors (Lipinski definition) is 0. The highest BCUT2D eigenvalue weighted by molar-refractivity contribution is 5.20. The van der Waals surface area contributed by atoms with Crippen LogP contribution in [0, 0.1) is 23.7 Å². The summed E-state index contributed by atoms with van der Waals surface area (Å²) in [4.78, 5) is 0. The Morgan fingerprint density at radius 3 is 2.03 bits per heavy atom. The van der Waals surface area contributed by atoms with Crippen LogP contribution >= 0.6 is 0 Å². The molecular weight excluding hydrogens is 368 g/mol. The maximum atomic E-state index is 5.90. The van der Waals surface area contributed by atoms with Crippen molar-refractivity contribution < 1.29 is 9.47 Å². The third kappa shape index (κ3) is 9.80. The van der Waals surface area contributed by atoms with E-state index in [0.29, 0.717) is 6.61 Å². The van der Waals surface area contributed by atoms with Gasteiger partial charge in [-0.1, -0.05) is 61.3 Å². The van der Waals surface area contributed by atoms with Gasteiger partial charge in [-0.05, 0) is 88.0 Å². The van der Waals surface area contributed by atoms with Crippen molar-refractivity contribution in [3.63, 3.8) is 0 Å². The molecule has 0 bridgehead atoms. The van der Waals surface area contributed by atoms with Crippen LogP contribution in [0.5, 0.6) is 0 Å². The van der Waals surface area contributed by atoms with E-state index in [2.05, 4.69) is 32.2 Å². The van der Waals surface area contributed by atoms with Gasteiger partial charge in [-0.2, -0.15) is 0 Å². The summed E-state index contributed by atoms with van der Waals surface area (Å²) in [5.41, 5.74) is 1.22. The van der Waals surface area contributed by atoms with Gasteiger partial charge >= 0.3 is 0 Å². The number of rotatable bonds is 12. The van der Waals surface area contributed by atoms with Crippen molar-refractivity contribution >= 4 is 0 Å². The van der Waals surface area contributed by atoms with E-state index in [1.807, 2.05) is 36.6 Å². The molecule has 0 aromatic carbocycles. The molecule has 0 aromatic rings. The molecule has 0 saturated heterocycles. The van der Waals surface area contributed by atoms with Crippen molar-refractivity contribution in [2.24, 2.45) is 23.7 Å². The van der Waals surface area contributed by atoms with Gasteiger partial charge < -0.3 is 9.47 Å². The molecule has 0 radical (unpaired) electrons. The van der Waals surface area contributed by atoms with Crippen molar-refractivity contribution in [3.05, 3.63) is 73.6 Å². The Morgan fingerprint density at radius 1 is 0.800 bits per heavy atom. The fraction of sp³-hybridized carbons (Fsp3) is 0.571. The predicted octanol–water partition coefficient (Wildman–Crippen LogP) is 7.58. The lowest BCUT2D eigenvalue weighted by Gasteiger charge is -2.37. The van der Waals surface area contributed by atoms with Crippen molar-refractivity contribution in [2.45, 2.75) is 58.3 Å². The van der Waals surface area contributed by atoms with Crippen LogP contribution < -0.4 is 0 Å². The summed E-state index contributed by atoms with van der Waals surface area (Å²) in [5, 5.41) is 0. The highest BCUT2D eigenvalue weighted by Gasteiger charge is 2.30. The van der Waals surface area contributed by atoms with E-state index in [0.717, 1.165) is 36.9 Å². The minimum atomic E-state index is 0.716. The number of hydrogen-bond acceptors (Lipinski definition) is 2. The van der Waals surface area contributed by atoms with Gasteiger partial charge in [0.25, 0.3) is 0 Å². The number of ether oxygens (including phenoxy) is 2. The first kappa shape index (κ1) is 24.5. The van der Waals surface area contributed by atoms with Gasteiger partial charge in [0, 0.05) is 6.61 Å². The van der Waals surface area contributed by atoms with Crippen molar-refractivity contribution in [1.29, 1.82) is 0 Å². The molecule has 0 heterocycles. The van der Waals surface area contributed by atoms with Crippen molar-refractivity contribution in [1.82, 2.24) is 0 Å². The molecule has 2 aliphatic carbocycles. The van der Waals surface area contributed by atoms with E-state index >= 15 is 0 Å². The molecule has 2 aliphatic rings. The average molecular weight is 411 g/mol. The van der Waals surface area contributed by atoms with E-state index in [9.17, 15) is 0 Å². The monoisotopic (exact) mass is 410 g/mol. The van der Waals surface area contributed by atoms with Gasteiger partial charge in [-0.3, -0.25) is 0 Å². The molecule has 0 unspecified atom stereocenters. The lowest BCUT2D eigenvalue weighted by molar-refractivity contribution is 0.0725. The minimum Gasteiger partial charge on any atom is -0.501 e. The predicted molar refractivity (Wildman–Crippen MR) is 129 cm³/mol. The molecule has 0 aliphatic heterocycles. The summed E-state index contributed by atoms with van der Waals surface area (Å²) in [7, 11) is 0. The summed E-state index contributed by atoms with van der Waals surface area (Å²) < 4.78 is 11.6.